The third-order valence-corrected chi connectivity index (χ3v) is 7.08. The summed E-state index contributed by atoms with van der Waals surface area (Å²) in [6.45, 7) is 2.09. The van der Waals surface area contributed by atoms with Gasteiger partial charge >= 0.3 is 5.69 Å². The van der Waals surface area contributed by atoms with Gasteiger partial charge < -0.3 is 4.57 Å². The number of carbonyl (C=O) groups is 1. The number of amides is 1. The molecular weight excluding hydrogens is 396 g/mol. The molecule has 27 heavy (non-hydrogen) atoms. The molecule has 2 aromatic heterocycles. The second kappa shape index (κ2) is 7.13. The lowest BCUT2D eigenvalue weighted by Gasteiger charge is -2.28. The third-order valence-electron chi connectivity index (χ3n) is 4.34. The quantitative estimate of drug-likeness (QED) is 0.246. The van der Waals surface area contributed by atoms with Crippen molar-refractivity contribution in [1.29, 1.82) is 0 Å². The van der Waals surface area contributed by atoms with E-state index in [0.29, 0.717) is 11.6 Å². The highest BCUT2D eigenvalue weighted by Crippen LogP contribution is 2.32. The number of nitrogens with one attached hydrogen (secondary N) is 1. The molecule has 13 heteroatoms. The Balaban J connectivity index is 2.23. The number of hydrogen-bond acceptors (Lipinski definition) is 8. The predicted molar refractivity (Wildman–Crippen MR) is 100 cm³/mol. The first-order chi connectivity index (χ1) is 12.7. The molecule has 3 rings (SSSR count). The largest absolute Gasteiger partial charge is 0.332 e. The van der Waals surface area contributed by atoms with Crippen molar-refractivity contribution in [1.82, 2.24) is 24.1 Å². The van der Waals surface area contributed by atoms with Crippen LogP contribution in [0.15, 0.2) is 14.7 Å². The minimum Gasteiger partial charge on any atom is -0.308 e. The minimum absolute atomic E-state index is 0.0591. The van der Waals surface area contributed by atoms with Crippen LogP contribution in [0.3, 0.4) is 0 Å². The van der Waals surface area contributed by atoms with E-state index in [1.165, 1.54) is 11.6 Å². The van der Waals surface area contributed by atoms with E-state index in [-0.39, 0.29) is 35.0 Å². The maximum atomic E-state index is 13.0. The average Bonchev–Trinajstić information content (AvgIpc) is 2.98. The number of carbonyl (C=O) groups excluding carboxylic acids is 1. The van der Waals surface area contributed by atoms with Gasteiger partial charge in [-0.25, -0.2) is 24.0 Å². The maximum absolute atomic E-state index is 13.0. The molecule has 2 aromatic rings. The summed E-state index contributed by atoms with van der Waals surface area (Å²) < 4.78 is 27.3. The fourth-order valence-corrected chi connectivity index (χ4v) is 5.29. The average molecular weight is 416 g/mol. The van der Waals surface area contributed by atoms with E-state index < -0.39 is 33.0 Å². The Morgan fingerprint density at radius 3 is 2.59 bits per heavy atom. The molecule has 3 heterocycles. The Labute approximate surface area is 158 Å². The number of thioether (sulfide) groups is 1. The number of nitrogens with two attached hydrogens (primary N) is 1. The van der Waals surface area contributed by atoms with Crippen LogP contribution in [0.4, 0.5) is 0 Å². The second-order valence-electron chi connectivity index (χ2n) is 6.32. The first-order valence-electron chi connectivity index (χ1n) is 8.24. The second-order valence-corrected chi connectivity index (χ2v) is 9.42. The van der Waals surface area contributed by atoms with Crippen LogP contribution in [0, 0.1) is 0 Å². The van der Waals surface area contributed by atoms with Crippen molar-refractivity contribution in [2.24, 2.45) is 12.9 Å². The van der Waals surface area contributed by atoms with E-state index >= 15 is 0 Å². The summed E-state index contributed by atoms with van der Waals surface area (Å²) in [6, 6.07) is -0.469. The van der Waals surface area contributed by atoms with Crippen molar-refractivity contribution in [3.63, 3.8) is 0 Å². The third kappa shape index (κ3) is 3.41. The molecule has 3 N–H and O–H groups in total. The molecule has 1 fully saturated rings. The maximum Gasteiger partial charge on any atom is 0.332 e. The Kier molecular flexibility index (Phi) is 5.18. The molecule has 0 radical (unpaired) electrons. The van der Waals surface area contributed by atoms with E-state index in [4.69, 9.17) is 5.84 Å². The summed E-state index contributed by atoms with van der Waals surface area (Å²) in [6.07, 6.45) is 0.588. The van der Waals surface area contributed by atoms with Crippen molar-refractivity contribution in [3.05, 3.63) is 20.8 Å². The number of nitrogens with zero attached hydrogens (tertiary/aromatic N) is 4. The first kappa shape index (κ1) is 19.6. The fourth-order valence-electron chi connectivity index (χ4n) is 3.04. The van der Waals surface area contributed by atoms with Gasteiger partial charge in [0.05, 0.1) is 23.3 Å². The number of aromatic nitrogens is 4. The Bertz CT molecular complexity index is 1120. The number of imidazole rings is 1. The number of hydrazine groups is 1. The van der Waals surface area contributed by atoms with Crippen molar-refractivity contribution in [2.75, 3.05) is 17.3 Å². The van der Waals surface area contributed by atoms with Gasteiger partial charge in [-0.05, 0) is 6.42 Å². The molecule has 0 spiro atoms. The summed E-state index contributed by atoms with van der Waals surface area (Å²) in [5.41, 5.74) is 1.33. The van der Waals surface area contributed by atoms with Crippen molar-refractivity contribution in [2.45, 2.75) is 31.1 Å². The van der Waals surface area contributed by atoms with Gasteiger partial charge in [0.1, 0.15) is 0 Å². The Morgan fingerprint density at radius 2 is 2.04 bits per heavy atom. The zero-order valence-corrected chi connectivity index (χ0v) is 16.5. The van der Waals surface area contributed by atoms with E-state index in [2.05, 4.69) is 4.98 Å². The van der Waals surface area contributed by atoms with Crippen molar-refractivity contribution in [3.8, 4) is 0 Å². The molecule has 0 saturated carbocycles. The molecule has 148 valence electrons. The van der Waals surface area contributed by atoms with E-state index in [1.54, 1.807) is 4.57 Å². The number of rotatable bonds is 6. The summed E-state index contributed by atoms with van der Waals surface area (Å²) >= 11 is 1.03. The van der Waals surface area contributed by atoms with Crippen LogP contribution in [0.5, 0.6) is 0 Å². The highest BCUT2D eigenvalue weighted by Gasteiger charge is 2.38. The Morgan fingerprint density at radius 1 is 1.37 bits per heavy atom. The van der Waals surface area contributed by atoms with Crippen LogP contribution in [0.2, 0.25) is 0 Å². The van der Waals surface area contributed by atoms with Gasteiger partial charge in [0.15, 0.2) is 26.2 Å². The first-order valence-corrected chi connectivity index (χ1v) is 11.0. The highest BCUT2D eigenvalue weighted by atomic mass is 32.2. The monoisotopic (exact) mass is 416 g/mol. The number of sulfone groups is 1. The summed E-state index contributed by atoms with van der Waals surface area (Å²) in [7, 11) is -1.66. The summed E-state index contributed by atoms with van der Waals surface area (Å²) in [5.74, 6) is 4.34. The topological polar surface area (TPSA) is 151 Å². The molecule has 0 aliphatic carbocycles. The van der Waals surface area contributed by atoms with Crippen LogP contribution >= 0.6 is 11.8 Å². The summed E-state index contributed by atoms with van der Waals surface area (Å²) in [5, 5.41) is 0.301. The number of aryl methyl sites for hydroxylation is 1. The lowest BCUT2D eigenvalue weighted by molar-refractivity contribution is -0.118. The fraction of sp³-hybridized carbons (Fsp3) is 0.571. The molecule has 11 nitrogen and oxygen atoms in total. The molecule has 1 aliphatic heterocycles. The highest BCUT2D eigenvalue weighted by molar-refractivity contribution is 7.99. The SMILES string of the molecule is CCCn1c(=O)c2c(nc(SCC(=O)NN)n2C2CS(=O)(=O)C2)n(C)c1=O. The van der Waals surface area contributed by atoms with Gasteiger partial charge in [-0.15, -0.1) is 0 Å². The molecule has 1 amide bonds. The molecule has 0 bridgehead atoms. The van der Waals surface area contributed by atoms with Gasteiger partial charge in [0.2, 0.25) is 5.91 Å². The minimum atomic E-state index is -3.16. The van der Waals surface area contributed by atoms with Crippen molar-refractivity contribution < 1.29 is 13.2 Å². The summed E-state index contributed by atoms with van der Waals surface area (Å²) in [4.78, 5) is 41.3. The molecule has 1 saturated heterocycles. The van der Waals surface area contributed by atoms with Crippen LogP contribution in [0.25, 0.3) is 11.2 Å². The zero-order valence-electron chi connectivity index (χ0n) is 14.8. The smallest absolute Gasteiger partial charge is 0.308 e. The number of fused-ring (bicyclic) bond motifs is 1. The van der Waals surface area contributed by atoms with Gasteiger partial charge in [-0.1, -0.05) is 18.7 Å². The lowest BCUT2D eigenvalue weighted by atomic mass is 10.3. The standard InChI is InChI=1S/C14H20N6O5S2/c1-3-4-19-12(22)10-11(18(2)14(19)23)16-13(26-5-9(21)17-15)20(10)8-6-27(24,25)7-8/h8H,3-7,15H2,1-2H3,(H,17,21). The lowest BCUT2D eigenvalue weighted by Crippen LogP contribution is -2.42. The van der Waals surface area contributed by atoms with Gasteiger partial charge in [-0.2, -0.15) is 0 Å². The molecule has 0 unspecified atom stereocenters. The van der Waals surface area contributed by atoms with Crippen LogP contribution < -0.4 is 22.5 Å². The van der Waals surface area contributed by atoms with Gasteiger partial charge in [-0.3, -0.25) is 24.1 Å². The van der Waals surface area contributed by atoms with Gasteiger partial charge in [0.25, 0.3) is 5.56 Å². The van der Waals surface area contributed by atoms with Gasteiger partial charge in [0, 0.05) is 13.6 Å². The van der Waals surface area contributed by atoms with Crippen LogP contribution in [-0.4, -0.2) is 50.3 Å². The van der Waals surface area contributed by atoms with E-state index in [0.717, 1.165) is 16.3 Å². The number of hydrogen-bond donors (Lipinski definition) is 2. The van der Waals surface area contributed by atoms with E-state index in [9.17, 15) is 22.8 Å². The molecule has 1 aliphatic rings. The van der Waals surface area contributed by atoms with E-state index in [1.807, 2.05) is 12.3 Å². The van der Waals surface area contributed by atoms with Crippen LogP contribution in [-0.2, 0) is 28.2 Å². The molecule has 0 atom stereocenters. The zero-order chi connectivity index (χ0) is 19.9. The van der Waals surface area contributed by atoms with Crippen LogP contribution in [0.1, 0.15) is 19.4 Å². The normalized spacial score (nSPS) is 16.4. The predicted octanol–water partition coefficient (Wildman–Crippen LogP) is -1.64. The molecular formula is C14H20N6O5S2. The molecule has 0 aromatic carbocycles. The van der Waals surface area contributed by atoms with Crippen molar-refractivity contribution >= 4 is 38.7 Å². The Hall–Kier alpha value is -2.12.